The molecule has 15 heavy (non-hydrogen) atoms. The lowest BCUT2D eigenvalue weighted by atomic mass is 9.69. The van der Waals surface area contributed by atoms with E-state index < -0.39 is 0 Å². The van der Waals surface area contributed by atoms with Crippen LogP contribution in [0.25, 0.3) is 0 Å². The van der Waals surface area contributed by atoms with E-state index in [4.69, 9.17) is 0 Å². The lowest BCUT2D eigenvalue weighted by Gasteiger charge is -2.38. The van der Waals surface area contributed by atoms with Crippen molar-refractivity contribution in [1.29, 1.82) is 0 Å². The van der Waals surface area contributed by atoms with Crippen LogP contribution in [-0.2, 0) is 4.79 Å². The average molecular weight is 233 g/mol. The first kappa shape index (κ1) is 12.8. The molecule has 2 N–H and O–H groups in total. The Morgan fingerprint density at radius 2 is 2.13 bits per heavy atom. The smallest absolute Gasteiger partial charge is 0.226 e. The molecule has 0 radical (unpaired) electrons. The van der Waals surface area contributed by atoms with Gasteiger partial charge in [0.1, 0.15) is 0 Å². The maximum Gasteiger partial charge on any atom is 0.226 e. The third-order valence-electron chi connectivity index (χ3n) is 3.64. The molecule has 2 rings (SSSR count). The van der Waals surface area contributed by atoms with Crippen molar-refractivity contribution in [1.82, 2.24) is 10.6 Å². The van der Waals surface area contributed by atoms with E-state index in [1.807, 2.05) is 0 Å². The second-order valence-electron chi connectivity index (χ2n) is 4.93. The van der Waals surface area contributed by atoms with Crippen molar-refractivity contribution in [2.24, 2.45) is 5.41 Å². The molecule has 1 saturated heterocycles. The molecule has 1 amide bonds. The van der Waals surface area contributed by atoms with Gasteiger partial charge in [-0.3, -0.25) is 4.79 Å². The SMILES string of the molecule is CC1(C(=O)N[C@@H]2CCCNC2)CCC1.Cl. The summed E-state index contributed by atoms with van der Waals surface area (Å²) in [5.41, 5.74) is -0.0442. The molecule has 0 aromatic carbocycles. The van der Waals surface area contributed by atoms with Crippen LogP contribution in [0.3, 0.4) is 0 Å². The van der Waals surface area contributed by atoms with Gasteiger partial charge in [0.25, 0.3) is 0 Å². The summed E-state index contributed by atoms with van der Waals surface area (Å²) in [6.45, 7) is 4.13. The van der Waals surface area contributed by atoms with Gasteiger partial charge >= 0.3 is 0 Å². The Morgan fingerprint density at radius 1 is 1.40 bits per heavy atom. The molecule has 0 aromatic rings. The van der Waals surface area contributed by atoms with E-state index in [0.717, 1.165) is 32.4 Å². The largest absolute Gasteiger partial charge is 0.352 e. The highest BCUT2D eigenvalue weighted by Crippen LogP contribution is 2.40. The Hall–Kier alpha value is -0.280. The van der Waals surface area contributed by atoms with Crippen molar-refractivity contribution in [2.75, 3.05) is 13.1 Å². The predicted molar refractivity (Wildman–Crippen MR) is 63.2 cm³/mol. The summed E-state index contributed by atoms with van der Waals surface area (Å²) in [7, 11) is 0. The van der Waals surface area contributed by atoms with Crippen LogP contribution >= 0.6 is 12.4 Å². The van der Waals surface area contributed by atoms with Gasteiger partial charge in [-0.1, -0.05) is 13.3 Å². The number of hydrogen-bond donors (Lipinski definition) is 2. The summed E-state index contributed by atoms with van der Waals surface area (Å²) in [6.07, 6.45) is 5.67. The summed E-state index contributed by atoms with van der Waals surface area (Å²) in [6, 6.07) is 0.369. The Bertz CT molecular complexity index is 223. The molecule has 4 heteroatoms. The number of hydrogen-bond acceptors (Lipinski definition) is 2. The Morgan fingerprint density at radius 3 is 2.60 bits per heavy atom. The molecule has 0 aromatic heterocycles. The molecule has 3 nitrogen and oxygen atoms in total. The fourth-order valence-corrected chi connectivity index (χ4v) is 2.27. The van der Waals surface area contributed by atoms with E-state index in [1.165, 1.54) is 12.8 Å². The van der Waals surface area contributed by atoms with Gasteiger partial charge in [0.05, 0.1) is 0 Å². The molecule has 2 aliphatic rings. The van der Waals surface area contributed by atoms with Gasteiger partial charge < -0.3 is 10.6 Å². The maximum absolute atomic E-state index is 11.9. The van der Waals surface area contributed by atoms with E-state index in [9.17, 15) is 4.79 Å². The fourth-order valence-electron chi connectivity index (χ4n) is 2.27. The van der Waals surface area contributed by atoms with Crippen molar-refractivity contribution in [3.63, 3.8) is 0 Å². The number of nitrogens with one attached hydrogen (secondary N) is 2. The molecule has 1 atom stereocenters. The zero-order chi connectivity index (χ0) is 10.0. The van der Waals surface area contributed by atoms with E-state index in [-0.39, 0.29) is 23.7 Å². The number of carbonyl (C=O) groups excluding carboxylic acids is 1. The van der Waals surface area contributed by atoms with Crippen LogP contribution in [0.4, 0.5) is 0 Å². The van der Waals surface area contributed by atoms with Gasteiger partial charge in [-0.15, -0.1) is 12.4 Å². The van der Waals surface area contributed by atoms with Crippen LogP contribution in [-0.4, -0.2) is 25.0 Å². The minimum absolute atomic E-state index is 0. The van der Waals surface area contributed by atoms with E-state index in [0.29, 0.717) is 6.04 Å². The summed E-state index contributed by atoms with van der Waals surface area (Å²) in [4.78, 5) is 11.9. The second kappa shape index (κ2) is 5.17. The minimum atomic E-state index is -0.0442. The Kier molecular flexibility index (Phi) is 4.41. The van der Waals surface area contributed by atoms with Gasteiger partial charge in [0.2, 0.25) is 5.91 Å². The first-order valence-corrected chi connectivity index (χ1v) is 5.72. The van der Waals surface area contributed by atoms with Gasteiger partial charge in [0.15, 0.2) is 0 Å². The van der Waals surface area contributed by atoms with E-state index in [1.54, 1.807) is 0 Å². The van der Waals surface area contributed by atoms with E-state index in [2.05, 4.69) is 17.6 Å². The molecule has 0 spiro atoms. The molecule has 1 aliphatic heterocycles. The topological polar surface area (TPSA) is 41.1 Å². The van der Waals surface area contributed by atoms with Crippen LogP contribution in [0.5, 0.6) is 0 Å². The van der Waals surface area contributed by atoms with Crippen LogP contribution in [0.2, 0.25) is 0 Å². The Labute approximate surface area is 97.8 Å². The highest BCUT2D eigenvalue weighted by molar-refractivity contribution is 5.85. The van der Waals surface area contributed by atoms with Crippen LogP contribution in [0, 0.1) is 5.41 Å². The standard InChI is InChI=1S/C11H20N2O.ClH/c1-11(5-3-6-11)10(14)13-9-4-2-7-12-8-9;/h9,12H,2-8H2,1H3,(H,13,14);1H/t9-;/m1./s1. The molecular formula is C11H21ClN2O. The normalized spacial score (nSPS) is 28.5. The van der Waals surface area contributed by atoms with Crippen molar-refractivity contribution in [3.8, 4) is 0 Å². The monoisotopic (exact) mass is 232 g/mol. The third kappa shape index (κ3) is 2.85. The van der Waals surface area contributed by atoms with Crippen molar-refractivity contribution in [3.05, 3.63) is 0 Å². The van der Waals surface area contributed by atoms with Gasteiger partial charge in [0, 0.05) is 18.0 Å². The molecule has 88 valence electrons. The number of rotatable bonds is 2. The first-order valence-electron chi connectivity index (χ1n) is 5.72. The highest BCUT2D eigenvalue weighted by Gasteiger charge is 2.39. The number of piperidine rings is 1. The number of halogens is 1. The van der Waals surface area contributed by atoms with Crippen molar-refractivity contribution < 1.29 is 4.79 Å². The summed E-state index contributed by atoms with van der Waals surface area (Å²) in [5.74, 6) is 0.275. The highest BCUT2D eigenvalue weighted by atomic mass is 35.5. The zero-order valence-electron chi connectivity index (χ0n) is 9.34. The fraction of sp³-hybridized carbons (Fsp3) is 0.909. The lowest BCUT2D eigenvalue weighted by molar-refractivity contribution is -0.135. The maximum atomic E-state index is 11.9. The van der Waals surface area contributed by atoms with Crippen LogP contribution < -0.4 is 10.6 Å². The Balaban J connectivity index is 0.00000112. The second-order valence-corrected chi connectivity index (χ2v) is 4.93. The van der Waals surface area contributed by atoms with E-state index >= 15 is 0 Å². The molecule has 2 fully saturated rings. The lowest BCUT2D eigenvalue weighted by Crippen LogP contribution is -2.51. The summed E-state index contributed by atoms with van der Waals surface area (Å²) < 4.78 is 0. The molecule has 1 saturated carbocycles. The van der Waals surface area contributed by atoms with Crippen molar-refractivity contribution >= 4 is 18.3 Å². The summed E-state index contributed by atoms with van der Waals surface area (Å²) >= 11 is 0. The molecule has 0 bridgehead atoms. The van der Waals surface area contributed by atoms with Gasteiger partial charge in [-0.05, 0) is 32.2 Å². The molecule has 1 heterocycles. The zero-order valence-corrected chi connectivity index (χ0v) is 10.2. The number of amides is 1. The molecule has 0 unspecified atom stereocenters. The minimum Gasteiger partial charge on any atom is -0.352 e. The molecule has 1 aliphatic carbocycles. The predicted octanol–water partition coefficient (Wildman–Crippen LogP) is 1.47. The van der Waals surface area contributed by atoms with Crippen LogP contribution in [0.1, 0.15) is 39.0 Å². The quantitative estimate of drug-likeness (QED) is 0.757. The first-order chi connectivity index (χ1) is 6.71. The van der Waals surface area contributed by atoms with Crippen LogP contribution in [0.15, 0.2) is 0 Å². The number of carbonyl (C=O) groups is 1. The summed E-state index contributed by atoms with van der Waals surface area (Å²) in [5, 5.41) is 6.47. The average Bonchev–Trinajstić information content (AvgIpc) is 2.15. The molecular weight excluding hydrogens is 212 g/mol. The van der Waals surface area contributed by atoms with Crippen molar-refractivity contribution in [2.45, 2.75) is 45.1 Å². The third-order valence-corrected chi connectivity index (χ3v) is 3.64. The van der Waals surface area contributed by atoms with Gasteiger partial charge in [-0.25, -0.2) is 0 Å². The van der Waals surface area contributed by atoms with Gasteiger partial charge in [-0.2, -0.15) is 0 Å².